The largest absolute Gasteiger partial charge is 0.451 e. The standard InChI is InChI=1S/C14H8F3N5O5S/c15-3-1-4-9(7(17)6(3)16)21-14(28-4)19-5(23)2-27-12(25)10-8(18)11(24)22-13(26)20-10/h1H,2,18H2,(H,19,21,23)(H2,20,22,24,26). The van der Waals surface area contributed by atoms with Gasteiger partial charge in [-0.05, 0) is 6.07 Å². The van der Waals surface area contributed by atoms with Crippen LogP contribution in [0.2, 0.25) is 0 Å². The van der Waals surface area contributed by atoms with E-state index in [2.05, 4.69) is 15.0 Å². The topological polar surface area (TPSA) is 160 Å². The average molecular weight is 415 g/mol. The Balaban J connectivity index is 1.70. The molecule has 0 bridgehead atoms. The number of carbonyl (C=O) groups is 2. The van der Waals surface area contributed by atoms with E-state index in [-0.39, 0.29) is 9.83 Å². The van der Waals surface area contributed by atoms with Crippen LogP contribution in [0.5, 0.6) is 0 Å². The Hall–Kier alpha value is -3.68. The summed E-state index contributed by atoms with van der Waals surface area (Å²) in [5.41, 5.74) is 1.58. The summed E-state index contributed by atoms with van der Waals surface area (Å²) in [5, 5.41) is 1.95. The van der Waals surface area contributed by atoms with Crippen molar-refractivity contribution in [3.63, 3.8) is 0 Å². The number of thiazole rings is 1. The maximum absolute atomic E-state index is 13.6. The van der Waals surface area contributed by atoms with E-state index in [1.807, 2.05) is 4.98 Å². The summed E-state index contributed by atoms with van der Waals surface area (Å²) in [6, 6.07) is 0.715. The molecule has 3 aromatic rings. The number of fused-ring (bicyclic) bond motifs is 1. The zero-order valence-corrected chi connectivity index (χ0v) is 14.2. The lowest BCUT2D eigenvalue weighted by Gasteiger charge is -2.05. The van der Waals surface area contributed by atoms with Crippen molar-refractivity contribution in [2.75, 3.05) is 17.7 Å². The van der Waals surface area contributed by atoms with Crippen LogP contribution in [0.1, 0.15) is 10.5 Å². The van der Waals surface area contributed by atoms with Crippen molar-refractivity contribution in [3.8, 4) is 0 Å². The van der Waals surface area contributed by atoms with Gasteiger partial charge >= 0.3 is 11.7 Å². The summed E-state index contributed by atoms with van der Waals surface area (Å²) in [5.74, 6) is -6.80. The molecule has 0 unspecified atom stereocenters. The van der Waals surface area contributed by atoms with Gasteiger partial charge in [-0.1, -0.05) is 11.3 Å². The number of benzene rings is 1. The Morgan fingerprint density at radius 1 is 1.21 bits per heavy atom. The van der Waals surface area contributed by atoms with Crippen LogP contribution in [0, 0.1) is 17.5 Å². The molecule has 0 atom stereocenters. The van der Waals surface area contributed by atoms with E-state index in [1.54, 1.807) is 4.98 Å². The van der Waals surface area contributed by atoms with Gasteiger partial charge in [0.05, 0.1) is 4.70 Å². The molecule has 14 heteroatoms. The van der Waals surface area contributed by atoms with Crippen molar-refractivity contribution in [1.29, 1.82) is 0 Å². The first kappa shape index (κ1) is 19.1. The molecule has 146 valence electrons. The number of aromatic amines is 2. The molecule has 10 nitrogen and oxygen atoms in total. The third-order valence-corrected chi connectivity index (χ3v) is 4.20. The lowest BCUT2D eigenvalue weighted by Crippen LogP contribution is -2.30. The maximum atomic E-state index is 13.6. The molecule has 1 amide bonds. The molecule has 2 aromatic heterocycles. The molecule has 0 saturated heterocycles. The minimum atomic E-state index is -1.70. The molecule has 0 saturated carbocycles. The third-order valence-electron chi connectivity index (χ3n) is 3.29. The molecule has 0 fully saturated rings. The number of esters is 1. The number of ether oxygens (including phenoxy) is 1. The van der Waals surface area contributed by atoms with Gasteiger partial charge in [-0.2, -0.15) is 0 Å². The van der Waals surface area contributed by atoms with Gasteiger partial charge in [-0.25, -0.2) is 27.7 Å². The van der Waals surface area contributed by atoms with Crippen molar-refractivity contribution in [2.45, 2.75) is 0 Å². The van der Waals surface area contributed by atoms with E-state index < -0.39 is 64.1 Å². The second kappa shape index (κ2) is 7.15. The summed E-state index contributed by atoms with van der Waals surface area (Å²) >= 11 is 0.656. The predicted octanol–water partition coefficient (Wildman–Crippen LogP) is 0.468. The van der Waals surface area contributed by atoms with E-state index in [0.29, 0.717) is 17.4 Å². The molecule has 0 aliphatic rings. The highest BCUT2D eigenvalue weighted by atomic mass is 32.1. The fourth-order valence-electron chi connectivity index (χ4n) is 2.04. The van der Waals surface area contributed by atoms with Crippen molar-refractivity contribution < 1.29 is 27.5 Å². The molecule has 1 aromatic carbocycles. The first-order valence-electron chi connectivity index (χ1n) is 7.20. The molecule has 5 N–H and O–H groups in total. The first-order chi connectivity index (χ1) is 13.2. The molecule has 0 spiro atoms. The van der Waals surface area contributed by atoms with Gasteiger partial charge in [0.15, 0.2) is 34.9 Å². The lowest BCUT2D eigenvalue weighted by atomic mass is 10.3. The number of nitrogens with one attached hydrogen (secondary N) is 3. The zero-order valence-electron chi connectivity index (χ0n) is 13.4. The number of rotatable bonds is 4. The highest BCUT2D eigenvalue weighted by Gasteiger charge is 2.20. The average Bonchev–Trinajstić information content (AvgIpc) is 3.03. The zero-order chi connectivity index (χ0) is 20.6. The van der Waals surface area contributed by atoms with Crippen LogP contribution in [0.4, 0.5) is 24.0 Å². The second-order valence-electron chi connectivity index (χ2n) is 5.17. The van der Waals surface area contributed by atoms with Gasteiger partial charge in [0.2, 0.25) is 0 Å². The van der Waals surface area contributed by atoms with Crippen LogP contribution in [-0.2, 0) is 9.53 Å². The monoisotopic (exact) mass is 415 g/mol. The van der Waals surface area contributed by atoms with E-state index in [1.165, 1.54) is 0 Å². The SMILES string of the molecule is Nc1c(C(=O)OCC(=O)Nc2nc3c(F)c(F)c(F)cc3s2)[nH]c(=O)[nH]c1=O. The quantitative estimate of drug-likeness (QED) is 0.356. The Labute approximate surface area is 155 Å². The number of carbonyl (C=O) groups excluding carboxylic acids is 2. The molecule has 0 radical (unpaired) electrons. The van der Waals surface area contributed by atoms with E-state index in [4.69, 9.17) is 5.73 Å². The number of amides is 1. The van der Waals surface area contributed by atoms with Gasteiger partial charge in [-0.3, -0.25) is 24.9 Å². The van der Waals surface area contributed by atoms with E-state index in [0.717, 1.165) is 0 Å². The number of anilines is 2. The van der Waals surface area contributed by atoms with Crippen LogP contribution >= 0.6 is 11.3 Å². The molecule has 3 rings (SSSR count). The number of nitrogens with zero attached hydrogens (tertiary/aromatic N) is 1. The normalized spacial score (nSPS) is 10.8. The molecule has 0 aliphatic carbocycles. The van der Waals surface area contributed by atoms with E-state index in [9.17, 15) is 32.3 Å². The number of nitrogen functional groups attached to an aromatic ring is 1. The van der Waals surface area contributed by atoms with Gasteiger partial charge in [0.1, 0.15) is 11.2 Å². The highest BCUT2D eigenvalue weighted by molar-refractivity contribution is 7.22. The summed E-state index contributed by atoms with van der Waals surface area (Å²) < 4.78 is 44.6. The Kier molecular flexibility index (Phi) is 4.87. The smallest absolute Gasteiger partial charge is 0.357 e. The Morgan fingerprint density at radius 3 is 2.64 bits per heavy atom. The lowest BCUT2D eigenvalue weighted by molar-refractivity contribution is -0.119. The van der Waals surface area contributed by atoms with Crippen LogP contribution in [0.25, 0.3) is 10.2 Å². The second-order valence-corrected chi connectivity index (χ2v) is 6.20. The van der Waals surface area contributed by atoms with E-state index >= 15 is 0 Å². The van der Waals surface area contributed by atoms with Gasteiger partial charge in [0.25, 0.3) is 11.5 Å². The number of halogens is 3. The van der Waals surface area contributed by atoms with Gasteiger partial charge in [0, 0.05) is 0 Å². The van der Waals surface area contributed by atoms with Crippen LogP contribution in [0.15, 0.2) is 15.7 Å². The molecule has 28 heavy (non-hydrogen) atoms. The van der Waals surface area contributed by atoms with Crippen molar-refractivity contribution in [3.05, 3.63) is 50.1 Å². The van der Waals surface area contributed by atoms with Crippen LogP contribution in [0.3, 0.4) is 0 Å². The number of aromatic nitrogens is 3. The number of hydrogen-bond acceptors (Lipinski definition) is 8. The number of hydrogen-bond donors (Lipinski definition) is 4. The van der Waals surface area contributed by atoms with Crippen LogP contribution < -0.4 is 22.3 Å². The summed E-state index contributed by atoms with van der Waals surface area (Å²) in [7, 11) is 0. The van der Waals surface area contributed by atoms with Gasteiger partial charge < -0.3 is 10.5 Å². The minimum absolute atomic E-state index is 0.0578. The maximum Gasteiger partial charge on any atom is 0.357 e. The predicted molar refractivity (Wildman–Crippen MR) is 90.5 cm³/mol. The molecular formula is C14H8F3N5O5S. The van der Waals surface area contributed by atoms with Crippen molar-refractivity contribution in [2.24, 2.45) is 0 Å². The summed E-state index contributed by atoms with van der Waals surface area (Å²) in [6.07, 6.45) is 0. The number of nitrogens with two attached hydrogens (primary N) is 1. The number of H-pyrrole nitrogens is 2. The molecular weight excluding hydrogens is 407 g/mol. The third kappa shape index (κ3) is 3.57. The van der Waals surface area contributed by atoms with Gasteiger partial charge in [-0.15, -0.1) is 0 Å². The van der Waals surface area contributed by atoms with Crippen LogP contribution in [-0.4, -0.2) is 33.4 Å². The minimum Gasteiger partial charge on any atom is -0.451 e. The van der Waals surface area contributed by atoms with Crippen molar-refractivity contribution in [1.82, 2.24) is 15.0 Å². The molecule has 0 aliphatic heterocycles. The summed E-state index contributed by atoms with van der Waals surface area (Å²) in [4.78, 5) is 53.5. The fourth-order valence-corrected chi connectivity index (χ4v) is 2.95. The Morgan fingerprint density at radius 2 is 1.93 bits per heavy atom. The van der Waals surface area contributed by atoms with Crippen molar-refractivity contribution >= 4 is 44.2 Å². The fraction of sp³-hybridized carbons (Fsp3) is 0.0714. The Bertz CT molecular complexity index is 1230. The highest BCUT2D eigenvalue weighted by Crippen LogP contribution is 2.30. The molecule has 2 heterocycles. The first-order valence-corrected chi connectivity index (χ1v) is 8.02. The summed E-state index contributed by atoms with van der Waals surface area (Å²) in [6.45, 7) is -0.881.